The number of aromatic amines is 1. The molecular formula is C25H29N5O3. The zero-order valence-electron chi connectivity index (χ0n) is 19.2. The molecule has 0 bridgehead atoms. The molecule has 1 saturated heterocycles. The van der Waals surface area contributed by atoms with E-state index >= 15 is 0 Å². The standard InChI is InChI=1S/C25H29N5O3/c1-16-12-19(7-8-22(16)28-18(3)31)33-15-24(32)30-11-5-4-6-23(30)25-21(14-27-29-25)20-9-10-26-13-17(20)2/h7-10,12-14,23H,4-6,11,15H2,1-3H3,(H,27,29)(H,28,31). The predicted molar refractivity (Wildman–Crippen MR) is 126 cm³/mol. The predicted octanol–water partition coefficient (Wildman–Crippen LogP) is 4.18. The zero-order chi connectivity index (χ0) is 23.4. The number of piperidine rings is 1. The van der Waals surface area contributed by atoms with Crippen molar-refractivity contribution in [2.75, 3.05) is 18.5 Å². The van der Waals surface area contributed by atoms with Crippen LogP contribution < -0.4 is 10.1 Å². The van der Waals surface area contributed by atoms with Gasteiger partial charge in [0.05, 0.1) is 17.9 Å². The van der Waals surface area contributed by atoms with Crippen LogP contribution in [0.15, 0.2) is 42.9 Å². The maximum Gasteiger partial charge on any atom is 0.261 e. The molecule has 1 aliphatic heterocycles. The van der Waals surface area contributed by atoms with Crippen LogP contribution in [0.4, 0.5) is 5.69 Å². The van der Waals surface area contributed by atoms with E-state index in [4.69, 9.17) is 4.74 Å². The van der Waals surface area contributed by atoms with Crippen molar-refractivity contribution in [1.82, 2.24) is 20.1 Å². The molecule has 0 saturated carbocycles. The highest BCUT2D eigenvalue weighted by molar-refractivity contribution is 5.89. The smallest absolute Gasteiger partial charge is 0.261 e. The fourth-order valence-corrected chi connectivity index (χ4v) is 4.35. The van der Waals surface area contributed by atoms with Crippen molar-refractivity contribution in [1.29, 1.82) is 0 Å². The van der Waals surface area contributed by atoms with E-state index in [1.54, 1.807) is 18.3 Å². The van der Waals surface area contributed by atoms with Gasteiger partial charge in [0, 0.05) is 37.1 Å². The Hall–Kier alpha value is -3.68. The molecule has 33 heavy (non-hydrogen) atoms. The summed E-state index contributed by atoms with van der Waals surface area (Å²) in [5.41, 5.74) is 5.70. The second kappa shape index (κ2) is 9.85. The van der Waals surface area contributed by atoms with Gasteiger partial charge in [-0.2, -0.15) is 5.10 Å². The summed E-state index contributed by atoms with van der Waals surface area (Å²) < 4.78 is 5.82. The molecule has 1 atom stereocenters. The molecular weight excluding hydrogens is 418 g/mol. The molecule has 0 radical (unpaired) electrons. The molecule has 172 valence electrons. The first-order valence-corrected chi connectivity index (χ1v) is 11.2. The van der Waals surface area contributed by atoms with Gasteiger partial charge in [-0.15, -0.1) is 0 Å². The molecule has 4 rings (SSSR count). The molecule has 1 unspecified atom stereocenters. The van der Waals surface area contributed by atoms with Crippen LogP contribution in [0.5, 0.6) is 5.75 Å². The number of carbonyl (C=O) groups excluding carboxylic acids is 2. The average molecular weight is 448 g/mol. The summed E-state index contributed by atoms with van der Waals surface area (Å²) in [7, 11) is 0. The van der Waals surface area contributed by atoms with Gasteiger partial charge in [0.15, 0.2) is 6.61 Å². The third-order valence-electron chi connectivity index (χ3n) is 6.01. The van der Waals surface area contributed by atoms with Gasteiger partial charge in [0.25, 0.3) is 5.91 Å². The van der Waals surface area contributed by atoms with Gasteiger partial charge in [-0.25, -0.2) is 0 Å². The summed E-state index contributed by atoms with van der Waals surface area (Å²) in [5.74, 6) is 0.409. The number of aryl methyl sites for hydroxylation is 2. The van der Waals surface area contributed by atoms with Crippen LogP contribution in [0, 0.1) is 13.8 Å². The molecule has 2 N–H and O–H groups in total. The number of anilines is 1. The second-order valence-corrected chi connectivity index (χ2v) is 8.43. The molecule has 2 amide bonds. The summed E-state index contributed by atoms with van der Waals surface area (Å²) in [6.45, 7) is 6.02. The number of pyridine rings is 1. The fourth-order valence-electron chi connectivity index (χ4n) is 4.35. The van der Waals surface area contributed by atoms with Crippen molar-refractivity contribution in [3.05, 3.63) is 59.7 Å². The van der Waals surface area contributed by atoms with Crippen molar-refractivity contribution in [3.63, 3.8) is 0 Å². The Morgan fingerprint density at radius 3 is 2.76 bits per heavy atom. The minimum absolute atomic E-state index is 0.0484. The Morgan fingerprint density at radius 2 is 2.00 bits per heavy atom. The highest BCUT2D eigenvalue weighted by Gasteiger charge is 2.31. The molecule has 0 aliphatic carbocycles. The number of nitrogens with one attached hydrogen (secondary N) is 2. The second-order valence-electron chi connectivity index (χ2n) is 8.43. The summed E-state index contributed by atoms with van der Waals surface area (Å²) in [6.07, 6.45) is 8.32. The Bertz CT molecular complexity index is 1160. The lowest BCUT2D eigenvalue weighted by atomic mass is 9.93. The number of amides is 2. The van der Waals surface area contributed by atoms with Crippen LogP contribution in [-0.2, 0) is 9.59 Å². The van der Waals surface area contributed by atoms with E-state index in [-0.39, 0.29) is 24.5 Å². The van der Waals surface area contributed by atoms with Crippen LogP contribution in [-0.4, -0.2) is 45.0 Å². The van der Waals surface area contributed by atoms with E-state index in [1.807, 2.05) is 43.3 Å². The van der Waals surface area contributed by atoms with Crippen molar-refractivity contribution in [2.45, 2.75) is 46.1 Å². The van der Waals surface area contributed by atoms with Gasteiger partial charge in [-0.1, -0.05) is 0 Å². The first kappa shape index (κ1) is 22.5. The van der Waals surface area contributed by atoms with E-state index in [0.717, 1.165) is 52.9 Å². The SMILES string of the molecule is CC(=O)Nc1ccc(OCC(=O)N2CCCCC2c2[nH]ncc2-c2ccncc2C)cc1C. The zero-order valence-corrected chi connectivity index (χ0v) is 19.2. The fraction of sp³-hybridized carbons (Fsp3) is 0.360. The molecule has 0 spiro atoms. The molecule has 1 aliphatic rings. The maximum atomic E-state index is 13.2. The molecule has 2 aromatic heterocycles. The average Bonchev–Trinajstić information content (AvgIpc) is 3.28. The number of ether oxygens (including phenoxy) is 1. The Balaban J connectivity index is 1.49. The Kier molecular flexibility index (Phi) is 6.72. The number of likely N-dealkylation sites (tertiary alicyclic amines) is 1. The minimum Gasteiger partial charge on any atom is -0.484 e. The Labute approximate surface area is 193 Å². The molecule has 8 heteroatoms. The number of hydrogen-bond donors (Lipinski definition) is 2. The van der Waals surface area contributed by atoms with Gasteiger partial charge < -0.3 is 15.0 Å². The van der Waals surface area contributed by atoms with Gasteiger partial charge in [0.1, 0.15) is 5.75 Å². The lowest BCUT2D eigenvalue weighted by Gasteiger charge is -2.35. The first-order chi connectivity index (χ1) is 15.9. The lowest BCUT2D eigenvalue weighted by Crippen LogP contribution is -2.41. The number of nitrogens with zero attached hydrogens (tertiary/aromatic N) is 3. The maximum absolute atomic E-state index is 13.2. The quantitative estimate of drug-likeness (QED) is 0.590. The van der Waals surface area contributed by atoms with Gasteiger partial charge >= 0.3 is 0 Å². The van der Waals surface area contributed by atoms with Crippen LogP contribution in [0.2, 0.25) is 0 Å². The minimum atomic E-state index is -0.127. The van der Waals surface area contributed by atoms with E-state index < -0.39 is 0 Å². The summed E-state index contributed by atoms with van der Waals surface area (Å²) >= 11 is 0. The van der Waals surface area contributed by atoms with Crippen molar-refractivity contribution in [2.24, 2.45) is 0 Å². The molecule has 1 fully saturated rings. The number of H-pyrrole nitrogens is 1. The first-order valence-electron chi connectivity index (χ1n) is 11.2. The van der Waals surface area contributed by atoms with Crippen molar-refractivity contribution >= 4 is 17.5 Å². The van der Waals surface area contributed by atoms with Crippen LogP contribution >= 0.6 is 0 Å². The summed E-state index contributed by atoms with van der Waals surface area (Å²) in [6, 6.07) is 7.27. The molecule has 3 heterocycles. The normalized spacial score (nSPS) is 15.8. The van der Waals surface area contributed by atoms with Crippen molar-refractivity contribution < 1.29 is 14.3 Å². The van der Waals surface area contributed by atoms with E-state index in [9.17, 15) is 9.59 Å². The number of rotatable bonds is 6. The van der Waals surface area contributed by atoms with E-state index in [2.05, 4.69) is 20.5 Å². The third kappa shape index (κ3) is 5.05. The lowest BCUT2D eigenvalue weighted by molar-refractivity contribution is -0.137. The van der Waals surface area contributed by atoms with Crippen LogP contribution in [0.25, 0.3) is 11.1 Å². The molecule has 1 aromatic carbocycles. The van der Waals surface area contributed by atoms with Crippen molar-refractivity contribution in [3.8, 4) is 16.9 Å². The topological polar surface area (TPSA) is 100 Å². The number of carbonyl (C=O) groups is 2. The van der Waals surface area contributed by atoms with Gasteiger partial charge in [-0.3, -0.25) is 19.7 Å². The van der Waals surface area contributed by atoms with E-state index in [0.29, 0.717) is 12.3 Å². The number of hydrogen-bond acceptors (Lipinski definition) is 5. The molecule has 3 aromatic rings. The largest absolute Gasteiger partial charge is 0.484 e. The van der Waals surface area contributed by atoms with E-state index in [1.165, 1.54) is 6.92 Å². The summed E-state index contributed by atoms with van der Waals surface area (Å²) in [4.78, 5) is 30.6. The summed E-state index contributed by atoms with van der Waals surface area (Å²) in [5, 5.41) is 10.2. The number of aromatic nitrogens is 3. The van der Waals surface area contributed by atoms with Crippen LogP contribution in [0.3, 0.4) is 0 Å². The third-order valence-corrected chi connectivity index (χ3v) is 6.01. The monoisotopic (exact) mass is 447 g/mol. The van der Waals surface area contributed by atoms with Crippen LogP contribution in [0.1, 0.15) is 49.0 Å². The highest BCUT2D eigenvalue weighted by Crippen LogP contribution is 2.36. The van der Waals surface area contributed by atoms with Gasteiger partial charge in [0.2, 0.25) is 5.91 Å². The Morgan fingerprint density at radius 1 is 1.15 bits per heavy atom. The molecule has 8 nitrogen and oxygen atoms in total. The highest BCUT2D eigenvalue weighted by atomic mass is 16.5. The number of benzene rings is 1. The van der Waals surface area contributed by atoms with Gasteiger partial charge in [-0.05, 0) is 74.1 Å².